The molecule has 8 rings (SSSR count). The molecule has 19 heteroatoms. The summed E-state index contributed by atoms with van der Waals surface area (Å²) in [5.41, 5.74) is 1.57. The Labute approximate surface area is 394 Å². The fourth-order valence-corrected chi connectivity index (χ4v) is 8.02. The van der Waals surface area contributed by atoms with Crippen LogP contribution >= 0.6 is 23.2 Å². The van der Waals surface area contributed by atoms with Gasteiger partial charge in [-0.1, -0.05) is 35.3 Å². The monoisotopic (exact) mass is 962 g/mol. The minimum absolute atomic E-state index is 0.00721. The lowest BCUT2D eigenvalue weighted by Gasteiger charge is -2.27. The highest BCUT2D eigenvalue weighted by Gasteiger charge is 2.24. The van der Waals surface area contributed by atoms with Crippen molar-refractivity contribution in [3.8, 4) is 0 Å². The Hall–Kier alpha value is -6.24. The molecule has 2 atom stereocenters. The van der Waals surface area contributed by atoms with Crippen LogP contribution in [0.3, 0.4) is 0 Å². The first-order chi connectivity index (χ1) is 32.1. The van der Waals surface area contributed by atoms with Crippen molar-refractivity contribution in [2.45, 2.75) is 25.9 Å². The van der Waals surface area contributed by atoms with Gasteiger partial charge in [-0.15, -0.1) is 0 Å². The van der Waals surface area contributed by atoms with E-state index in [0.717, 1.165) is 0 Å². The van der Waals surface area contributed by atoms with E-state index in [0.29, 0.717) is 99.7 Å². The number of carbonyl (C=O) groups excluding carboxylic acids is 1. The molecule has 4 heterocycles. The highest BCUT2D eigenvalue weighted by molar-refractivity contribution is 6.31. The van der Waals surface area contributed by atoms with E-state index in [-0.39, 0.29) is 60.1 Å². The van der Waals surface area contributed by atoms with Crippen molar-refractivity contribution in [3.63, 3.8) is 0 Å². The number of likely N-dealkylation sites (N-methyl/N-ethyl adjacent to an activating group) is 1. The number of carboxylic acids is 1. The molecule has 4 N–H and O–H groups in total. The number of amides is 1. The Morgan fingerprint density at radius 1 is 0.701 bits per heavy atom. The maximum atomic E-state index is 14.6. The predicted octanol–water partition coefficient (Wildman–Crippen LogP) is 8.18. The molecule has 2 aliphatic rings. The van der Waals surface area contributed by atoms with Crippen molar-refractivity contribution in [1.82, 2.24) is 10.2 Å². The number of benzene rings is 4. The molecule has 2 aromatic heterocycles. The summed E-state index contributed by atoms with van der Waals surface area (Å²) in [4.78, 5) is 56.4. The number of nitrogens with one attached hydrogen (secondary N) is 3. The number of morpholine rings is 2. The normalized spacial score (nSPS) is 14.9. The number of hydrogen-bond donors (Lipinski definition) is 4. The molecule has 1 amide bonds. The van der Waals surface area contributed by atoms with Crippen molar-refractivity contribution < 1.29 is 41.8 Å². The number of halogens is 4. The van der Waals surface area contributed by atoms with Crippen molar-refractivity contribution >= 4 is 80.2 Å². The molecule has 6 aromatic rings. The quantitative estimate of drug-likeness (QED) is 0.0871. The lowest BCUT2D eigenvalue weighted by Crippen LogP contribution is -2.36. The molecule has 0 saturated carbocycles. The molecule has 2 saturated heterocycles. The lowest BCUT2D eigenvalue weighted by atomic mass is 10.00. The van der Waals surface area contributed by atoms with E-state index in [1.165, 1.54) is 42.5 Å². The molecular formula is C48H50Cl2F2N6O9. The van der Waals surface area contributed by atoms with Crippen LogP contribution in [0.2, 0.25) is 10.0 Å². The molecule has 2 unspecified atom stereocenters. The van der Waals surface area contributed by atoms with Gasteiger partial charge in [-0.25, -0.2) is 13.6 Å². The van der Waals surface area contributed by atoms with Crippen LogP contribution in [0.5, 0.6) is 0 Å². The average Bonchev–Trinajstić information content (AvgIpc) is 3.31. The first-order valence-electron chi connectivity index (χ1n) is 21.6. The summed E-state index contributed by atoms with van der Waals surface area (Å²) in [7, 11) is 3.83. The number of carboxylic acid groups (broad SMARTS) is 1. The molecule has 2 fully saturated rings. The van der Waals surface area contributed by atoms with Crippen molar-refractivity contribution in [2.24, 2.45) is 0 Å². The number of anilines is 4. The number of fused-ring (bicyclic) bond motifs is 2. The second kappa shape index (κ2) is 21.6. The molecular weight excluding hydrogens is 913 g/mol. The second-order valence-electron chi connectivity index (χ2n) is 16.3. The van der Waals surface area contributed by atoms with E-state index in [9.17, 15) is 33.1 Å². The van der Waals surface area contributed by atoms with Crippen molar-refractivity contribution in [3.05, 3.63) is 137 Å². The molecule has 354 valence electrons. The number of nitrogens with zero attached hydrogens (tertiary/aromatic N) is 3. The molecule has 0 spiro atoms. The van der Waals surface area contributed by atoms with E-state index < -0.39 is 29.7 Å². The first kappa shape index (κ1) is 48.7. The van der Waals surface area contributed by atoms with Gasteiger partial charge in [0.15, 0.2) is 34.3 Å². The van der Waals surface area contributed by atoms with Crippen LogP contribution in [-0.2, 0) is 9.47 Å². The van der Waals surface area contributed by atoms with E-state index in [2.05, 4.69) is 16.0 Å². The summed E-state index contributed by atoms with van der Waals surface area (Å²) < 4.78 is 52.1. The maximum absolute atomic E-state index is 14.6. The Balaban J connectivity index is 0.000000201. The smallest absolute Gasteiger partial charge is 0.335 e. The lowest BCUT2D eigenvalue weighted by molar-refractivity contribution is 0.0696. The van der Waals surface area contributed by atoms with Crippen LogP contribution in [0.25, 0.3) is 21.9 Å². The third-order valence-corrected chi connectivity index (χ3v) is 11.9. The van der Waals surface area contributed by atoms with Crippen LogP contribution in [-0.4, -0.2) is 102 Å². The van der Waals surface area contributed by atoms with Crippen molar-refractivity contribution in [1.29, 1.82) is 0 Å². The van der Waals surface area contributed by atoms with Gasteiger partial charge in [0.2, 0.25) is 0 Å². The Morgan fingerprint density at radius 2 is 1.13 bits per heavy atom. The van der Waals surface area contributed by atoms with Gasteiger partial charge in [0, 0.05) is 68.1 Å². The third-order valence-electron chi connectivity index (χ3n) is 11.3. The molecule has 0 bridgehead atoms. The third kappa shape index (κ3) is 11.5. The summed E-state index contributed by atoms with van der Waals surface area (Å²) in [6.45, 7) is 9.07. The Kier molecular flexibility index (Phi) is 15.7. The van der Waals surface area contributed by atoms with Gasteiger partial charge in [-0.2, -0.15) is 0 Å². The van der Waals surface area contributed by atoms with E-state index in [1.54, 1.807) is 37.3 Å². The molecule has 0 aliphatic carbocycles. The fourth-order valence-electron chi connectivity index (χ4n) is 7.67. The first-order valence-corrected chi connectivity index (χ1v) is 22.3. The Bertz CT molecular complexity index is 2900. The summed E-state index contributed by atoms with van der Waals surface area (Å²) in [6, 6.07) is 16.9. The van der Waals surface area contributed by atoms with Gasteiger partial charge in [0.25, 0.3) is 5.91 Å². The molecule has 2 aliphatic heterocycles. The minimum atomic E-state index is -1.18. The van der Waals surface area contributed by atoms with Gasteiger partial charge in [-0.05, 0) is 76.5 Å². The van der Waals surface area contributed by atoms with Crippen LogP contribution in [0.1, 0.15) is 57.8 Å². The van der Waals surface area contributed by atoms with Crippen LogP contribution in [0.4, 0.5) is 31.9 Å². The molecule has 0 radical (unpaired) electrons. The molecule has 67 heavy (non-hydrogen) atoms. The van der Waals surface area contributed by atoms with Crippen molar-refractivity contribution in [2.75, 3.05) is 100 Å². The number of aromatic carboxylic acids is 1. The van der Waals surface area contributed by atoms with E-state index >= 15 is 0 Å². The molecule has 15 nitrogen and oxygen atoms in total. The summed E-state index contributed by atoms with van der Waals surface area (Å²) >= 11 is 11.8. The van der Waals surface area contributed by atoms with Gasteiger partial charge >= 0.3 is 5.97 Å². The fraction of sp³-hybridized carbons (Fsp3) is 0.333. The largest absolute Gasteiger partial charge is 0.478 e. The zero-order chi connectivity index (χ0) is 47.9. The number of carbonyl (C=O) groups is 2. The standard InChI is InChI=1S/C26H30ClFN4O4.C22H20ClFN2O5/c1-16(30-21-6-4-5-20(27)24(21)28)18-13-17(26(34)29-7-8-31(2)3)14-19-22(33)15-23(36-25(18)19)32-9-11-35-12-10-32;1-12(25-17-4-2-3-16(23)20(17)24)14-9-13(22(28)29)10-15-18(27)11-19(31-21(14)15)26-5-7-30-8-6-26/h4-6,13-16,30H,7-12H2,1-3H3,(H,29,34);2-4,9-12,25H,5-8H2,1H3,(H,28,29). The second-order valence-corrected chi connectivity index (χ2v) is 17.1. The maximum Gasteiger partial charge on any atom is 0.335 e. The zero-order valence-corrected chi connectivity index (χ0v) is 38.7. The van der Waals surface area contributed by atoms with Gasteiger partial charge in [0.05, 0.1) is 76.3 Å². The van der Waals surface area contributed by atoms with Gasteiger partial charge in [-0.3, -0.25) is 14.4 Å². The predicted molar refractivity (Wildman–Crippen MR) is 256 cm³/mol. The SMILES string of the molecule is CC(Nc1cccc(Cl)c1F)c1cc(C(=O)NCCN(C)C)cc2c(=O)cc(N3CCOCC3)oc12.CC(Nc1cccc(Cl)c1F)c1cc(C(=O)O)cc2c(=O)cc(N3CCOCC3)oc12. The number of rotatable bonds is 13. The summed E-state index contributed by atoms with van der Waals surface area (Å²) in [6.07, 6.45) is 0. The van der Waals surface area contributed by atoms with Gasteiger partial charge in [0.1, 0.15) is 11.2 Å². The highest BCUT2D eigenvalue weighted by atomic mass is 35.5. The van der Waals surface area contributed by atoms with Crippen LogP contribution in [0, 0.1) is 11.6 Å². The van der Waals surface area contributed by atoms with Gasteiger partial charge < -0.3 is 54.1 Å². The molecule has 4 aromatic carbocycles. The van der Waals surface area contributed by atoms with Crippen LogP contribution < -0.4 is 36.6 Å². The zero-order valence-electron chi connectivity index (χ0n) is 37.2. The van der Waals surface area contributed by atoms with E-state index in [4.69, 9.17) is 41.5 Å². The van der Waals surface area contributed by atoms with E-state index in [1.807, 2.05) is 35.7 Å². The Morgan fingerprint density at radius 3 is 1.57 bits per heavy atom. The minimum Gasteiger partial charge on any atom is -0.478 e. The highest BCUT2D eigenvalue weighted by Crippen LogP contribution is 2.34. The average molecular weight is 964 g/mol. The summed E-state index contributed by atoms with van der Waals surface area (Å²) in [5, 5.41) is 18.9. The number of ether oxygens (including phenoxy) is 2. The van der Waals surface area contributed by atoms with Crippen LogP contribution in [0.15, 0.2) is 91.2 Å². The number of hydrogen-bond acceptors (Lipinski definition) is 13. The summed E-state index contributed by atoms with van der Waals surface area (Å²) in [5.74, 6) is -1.88. The topological polar surface area (TPSA) is 179 Å².